The Bertz CT molecular complexity index is 821. The van der Waals surface area contributed by atoms with Crippen LogP contribution in [-0.4, -0.2) is 73.9 Å². The third-order valence-electron chi connectivity index (χ3n) is 4.74. The first-order valence-electron chi connectivity index (χ1n) is 9.16. The molecule has 5 N–H and O–H groups in total. The zero-order chi connectivity index (χ0) is 21.0. The van der Waals surface area contributed by atoms with E-state index < -0.39 is 44.7 Å². The van der Waals surface area contributed by atoms with Crippen LogP contribution in [0.3, 0.4) is 0 Å². The summed E-state index contributed by atoms with van der Waals surface area (Å²) in [6.45, 7) is 2.15. The van der Waals surface area contributed by atoms with E-state index in [1.165, 1.54) is 18.5 Å². The van der Waals surface area contributed by atoms with Crippen molar-refractivity contribution in [1.29, 1.82) is 0 Å². The Hall–Kier alpha value is -1.79. The fraction of sp³-hybridized carbons (Fsp3) is 0.625. The summed E-state index contributed by atoms with van der Waals surface area (Å²) in [5.74, 6) is 0.0118. The molecule has 0 amide bonds. The molecule has 2 aliphatic rings. The van der Waals surface area contributed by atoms with Gasteiger partial charge in [-0.2, -0.15) is 4.98 Å². The van der Waals surface area contributed by atoms with E-state index in [0.29, 0.717) is 6.54 Å². The molecule has 2 aliphatic heterocycles. The molecule has 1 aromatic rings. The molecule has 0 radical (unpaired) electrons. The van der Waals surface area contributed by atoms with E-state index in [0.717, 1.165) is 30.5 Å². The number of hydrogen-bond donors (Lipinski definition) is 4. The minimum atomic E-state index is -4.76. The van der Waals surface area contributed by atoms with Crippen LogP contribution in [0.4, 0.5) is 5.82 Å². The van der Waals surface area contributed by atoms with Gasteiger partial charge in [0, 0.05) is 12.7 Å². The van der Waals surface area contributed by atoms with E-state index in [9.17, 15) is 14.5 Å². The number of rotatable bonds is 8. The first-order valence-corrected chi connectivity index (χ1v) is 10.7. The van der Waals surface area contributed by atoms with Gasteiger partial charge in [0.2, 0.25) is 0 Å². The minimum absolute atomic E-state index is 0.0118. The Morgan fingerprint density at radius 2 is 2.10 bits per heavy atom. The number of phosphoric ester groups is 1. The van der Waals surface area contributed by atoms with Crippen LogP contribution in [0.2, 0.25) is 0 Å². The SMILES string of the molecule is Nc1ccn([C@@H]2O[C@H](COP(=O)(O)O)[C@H](O/C=C/CN3CCCC3)C2O)c(=O)n1. The number of nitrogens with two attached hydrogens (primary N) is 1. The lowest BCUT2D eigenvalue weighted by Gasteiger charge is -2.20. The fourth-order valence-electron chi connectivity index (χ4n) is 3.35. The van der Waals surface area contributed by atoms with Crippen LogP contribution in [0.15, 0.2) is 29.4 Å². The van der Waals surface area contributed by atoms with E-state index in [1.807, 2.05) is 0 Å². The fourth-order valence-corrected chi connectivity index (χ4v) is 3.69. The number of likely N-dealkylation sites (tertiary alicyclic amines) is 1. The van der Waals surface area contributed by atoms with Crippen LogP contribution in [0.5, 0.6) is 0 Å². The number of nitrogens with zero attached hydrogens (tertiary/aromatic N) is 3. The van der Waals surface area contributed by atoms with Crippen molar-refractivity contribution in [3.63, 3.8) is 0 Å². The summed E-state index contributed by atoms with van der Waals surface area (Å²) in [5, 5.41) is 10.6. The molecule has 0 saturated carbocycles. The van der Waals surface area contributed by atoms with E-state index in [2.05, 4.69) is 14.4 Å². The highest BCUT2D eigenvalue weighted by Gasteiger charge is 2.47. The van der Waals surface area contributed by atoms with Gasteiger partial charge in [0.15, 0.2) is 12.3 Å². The molecule has 3 heterocycles. The van der Waals surface area contributed by atoms with Crippen molar-refractivity contribution < 1.29 is 33.5 Å². The van der Waals surface area contributed by atoms with Gasteiger partial charge in [0.05, 0.1) is 12.9 Å². The predicted molar refractivity (Wildman–Crippen MR) is 101 cm³/mol. The van der Waals surface area contributed by atoms with Gasteiger partial charge >= 0.3 is 13.5 Å². The quantitative estimate of drug-likeness (QED) is 0.299. The van der Waals surface area contributed by atoms with Gasteiger partial charge in [-0.1, -0.05) is 0 Å². The largest absolute Gasteiger partial charge is 0.493 e. The molecule has 0 bridgehead atoms. The Labute approximate surface area is 166 Å². The summed E-state index contributed by atoms with van der Waals surface area (Å²) >= 11 is 0. The summed E-state index contributed by atoms with van der Waals surface area (Å²) in [6.07, 6.45) is 2.24. The molecular weight excluding hydrogens is 407 g/mol. The van der Waals surface area contributed by atoms with E-state index in [-0.39, 0.29) is 5.82 Å². The molecule has 0 aliphatic carbocycles. The Morgan fingerprint density at radius 3 is 2.76 bits per heavy atom. The van der Waals surface area contributed by atoms with Crippen LogP contribution in [0.1, 0.15) is 19.1 Å². The first-order chi connectivity index (χ1) is 13.7. The van der Waals surface area contributed by atoms with Gasteiger partial charge in [0.25, 0.3) is 0 Å². The van der Waals surface area contributed by atoms with Crippen LogP contribution in [0, 0.1) is 0 Å². The summed E-state index contributed by atoms with van der Waals surface area (Å²) in [5.41, 5.74) is 4.73. The number of phosphoric acid groups is 1. The summed E-state index contributed by atoms with van der Waals surface area (Å²) < 4.78 is 27.8. The maximum Gasteiger partial charge on any atom is 0.469 e. The van der Waals surface area contributed by atoms with Gasteiger partial charge in [-0.25, -0.2) is 9.36 Å². The molecule has 4 atom stereocenters. The van der Waals surface area contributed by atoms with Gasteiger partial charge in [-0.3, -0.25) is 14.0 Å². The highest BCUT2D eigenvalue weighted by molar-refractivity contribution is 7.46. The maximum absolute atomic E-state index is 12.1. The highest BCUT2D eigenvalue weighted by Crippen LogP contribution is 2.38. The van der Waals surface area contributed by atoms with Gasteiger partial charge in [0.1, 0.15) is 18.0 Å². The van der Waals surface area contributed by atoms with Crippen molar-refractivity contribution in [2.45, 2.75) is 37.4 Å². The number of aliphatic hydroxyl groups excluding tert-OH is 1. The van der Waals surface area contributed by atoms with Crippen LogP contribution in [-0.2, 0) is 18.6 Å². The second kappa shape index (κ2) is 9.35. The number of ether oxygens (including phenoxy) is 2. The highest BCUT2D eigenvalue weighted by atomic mass is 31.2. The molecular formula is C16H25N4O8P. The molecule has 12 nitrogen and oxygen atoms in total. The van der Waals surface area contributed by atoms with E-state index in [4.69, 9.17) is 25.0 Å². The van der Waals surface area contributed by atoms with Crippen molar-refractivity contribution in [1.82, 2.24) is 14.5 Å². The minimum Gasteiger partial charge on any atom is -0.493 e. The normalized spacial score (nSPS) is 28.4. The van der Waals surface area contributed by atoms with Crippen LogP contribution < -0.4 is 11.4 Å². The molecule has 162 valence electrons. The number of anilines is 1. The third kappa shape index (κ3) is 5.86. The molecule has 1 aromatic heterocycles. The Balaban J connectivity index is 1.71. The van der Waals surface area contributed by atoms with Gasteiger partial charge < -0.3 is 30.1 Å². The Kier molecular flexibility index (Phi) is 7.06. The first kappa shape index (κ1) is 21.9. The van der Waals surface area contributed by atoms with Crippen molar-refractivity contribution in [2.75, 3.05) is 32.0 Å². The monoisotopic (exact) mass is 432 g/mol. The van der Waals surface area contributed by atoms with Crippen molar-refractivity contribution >= 4 is 13.6 Å². The molecule has 13 heteroatoms. The third-order valence-corrected chi connectivity index (χ3v) is 5.22. The second-order valence-corrected chi connectivity index (χ2v) is 8.10. The van der Waals surface area contributed by atoms with Crippen LogP contribution in [0.25, 0.3) is 0 Å². The summed E-state index contributed by atoms with van der Waals surface area (Å²) in [4.78, 5) is 35.8. The maximum atomic E-state index is 12.1. The number of nitrogen functional groups attached to an aromatic ring is 1. The molecule has 0 spiro atoms. The molecule has 2 saturated heterocycles. The predicted octanol–water partition coefficient (Wildman–Crippen LogP) is -0.812. The summed E-state index contributed by atoms with van der Waals surface area (Å²) in [7, 11) is -4.76. The molecule has 29 heavy (non-hydrogen) atoms. The molecule has 2 fully saturated rings. The van der Waals surface area contributed by atoms with Crippen molar-refractivity contribution in [3.8, 4) is 0 Å². The number of aliphatic hydroxyl groups is 1. The summed E-state index contributed by atoms with van der Waals surface area (Å²) in [6, 6.07) is 1.36. The van der Waals surface area contributed by atoms with Gasteiger partial charge in [-0.05, 0) is 38.1 Å². The lowest BCUT2D eigenvalue weighted by atomic mass is 10.1. The lowest BCUT2D eigenvalue weighted by molar-refractivity contribution is -0.0546. The Morgan fingerprint density at radius 1 is 1.38 bits per heavy atom. The van der Waals surface area contributed by atoms with E-state index in [1.54, 1.807) is 6.08 Å². The molecule has 1 unspecified atom stereocenters. The lowest BCUT2D eigenvalue weighted by Crippen LogP contribution is -2.37. The van der Waals surface area contributed by atoms with E-state index >= 15 is 0 Å². The van der Waals surface area contributed by atoms with Crippen LogP contribution >= 0.6 is 7.82 Å². The molecule has 0 aromatic carbocycles. The average molecular weight is 432 g/mol. The molecule has 3 rings (SSSR count). The van der Waals surface area contributed by atoms with Crippen molar-refractivity contribution in [2.24, 2.45) is 0 Å². The zero-order valence-electron chi connectivity index (χ0n) is 15.6. The number of hydrogen-bond acceptors (Lipinski definition) is 9. The smallest absolute Gasteiger partial charge is 0.469 e. The number of aromatic nitrogens is 2. The second-order valence-electron chi connectivity index (χ2n) is 6.86. The zero-order valence-corrected chi connectivity index (χ0v) is 16.5. The van der Waals surface area contributed by atoms with Crippen molar-refractivity contribution in [3.05, 3.63) is 35.1 Å². The standard InChI is InChI=1S/C16H25N4O8P/c17-12-4-8-20(16(22)18-12)15-13(21)14(11(28-15)10-27-29(23,24)25)26-9-3-7-19-5-1-2-6-19/h3-4,8-9,11,13-15,21H,1-2,5-7,10H2,(H2,17,18,22)(H2,23,24,25)/b9-3+/t11-,13?,14+,15-/m1/s1. The topological polar surface area (TPSA) is 170 Å². The average Bonchev–Trinajstić information content (AvgIpc) is 3.25. The van der Waals surface area contributed by atoms with Gasteiger partial charge in [-0.15, -0.1) is 0 Å².